The second-order valence-corrected chi connectivity index (χ2v) is 4.99. The molecule has 2 aliphatic rings. The fourth-order valence-electron chi connectivity index (χ4n) is 2.41. The van der Waals surface area contributed by atoms with Crippen molar-refractivity contribution in [2.75, 3.05) is 19.6 Å². The zero-order chi connectivity index (χ0) is 9.31. The van der Waals surface area contributed by atoms with Crippen molar-refractivity contribution in [2.45, 2.75) is 44.6 Å². The molecule has 2 fully saturated rings. The van der Waals surface area contributed by atoms with E-state index in [4.69, 9.17) is 5.73 Å². The van der Waals surface area contributed by atoms with Crippen LogP contribution in [-0.4, -0.2) is 30.1 Å². The molecular formula is C11H22N2. The highest BCUT2D eigenvalue weighted by Crippen LogP contribution is 2.43. The molecule has 1 heterocycles. The maximum atomic E-state index is 6.18. The van der Waals surface area contributed by atoms with E-state index in [1.165, 1.54) is 51.7 Å². The molecule has 0 bridgehead atoms. The molecule has 2 unspecified atom stereocenters. The molecule has 0 amide bonds. The van der Waals surface area contributed by atoms with E-state index < -0.39 is 0 Å². The Hall–Kier alpha value is -0.0800. The Kier molecular flexibility index (Phi) is 2.61. The van der Waals surface area contributed by atoms with Gasteiger partial charge in [0.2, 0.25) is 0 Å². The van der Waals surface area contributed by atoms with Crippen LogP contribution in [0.15, 0.2) is 0 Å². The van der Waals surface area contributed by atoms with E-state index in [0.717, 1.165) is 5.92 Å². The van der Waals surface area contributed by atoms with Crippen LogP contribution in [-0.2, 0) is 0 Å². The highest BCUT2D eigenvalue weighted by atomic mass is 15.1. The van der Waals surface area contributed by atoms with Gasteiger partial charge in [-0.15, -0.1) is 0 Å². The lowest BCUT2D eigenvalue weighted by Crippen LogP contribution is -2.35. The Labute approximate surface area is 81.5 Å². The van der Waals surface area contributed by atoms with E-state index >= 15 is 0 Å². The van der Waals surface area contributed by atoms with Gasteiger partial charge in [-0.3, -0.25) is 0 Å². The van der Waals surface area contributed by atoms with Crippen LogP contribution in [0.4, 0.5) is 0 Å². The average Bonchev–Trinajstić information content (AvgIpc) is 2.74. The van der Waals surface area contributed by atoms with Crippen molar-refractivity contribution in [2.24, 2.45) is 11.7 Å². The summed E-state index contributed by atoms with van der Waals surface area (Å²) in [5, 5.41) is 0. The van der Waals surface area contributed by atoms with E-state index in [1.807, 2.05) is 0 Å². The highest BCUT2D eigenvalue weighted by molar-refractivity contribution is 5.05. The zero-order valence-corrected chi connectivity index (χ0v) is 8.76. The van der Waals surface area contributed by atoms with Crippen LogP contribution in [0.2, 0.25) is 0 Å². The molecule has 2 N–H and O–H groups in total. The summed E-state index contributed by atoms with van der Waals surface area (Å²) in [6, 6.07) is 0. The summed E-state index contributed by atoms with van der Waals surface area (Å²) < 4.78 is 0. The Morgan fingerprint density at radius 3 is 2.46 bits per heavy atom. The largest absolute Gasteiger partial charge is 0.325 e. The van der Waals surface area contributed by atoms with Gasteiger partial charge in [-0.25, -0.2) is 0 Å². The van der Waals surface area contributed by atoms with Crippen molar-refractivity contribution in [3.63, 3.8) is 0 Å². The van der Waals surface area contributed by atoms with E-state index in [2.05, 4.69) is 11.8 Å². The van der Waals surface area contributed by atoms with Gasteiger partial charge in [-0.1, -0.05) is 13.3 Å². The molecule has 1 saturated heterocycles. The molecule has 13 heavy (non-hydrogen) atoms. The summed E-state index contributed by atoms with van der Waals surface area (Å²) in [6.45, 7) is 6.13. The number of rotatable bonds is 3. The third-order valence-electron chi connectivity index (χ3n) is 3.85. The Morgan fingerprint density at radius 2 is 1.92 bits per heavy atom. The first-order chi connectivity index (χ1) is 6.21. The SMILES string of the molecule is CC1CC1(N)CCN1CCCCC1. The number of hydrogen-bond acceptors (Lipinski definition) is 2. The van der Waals surface area contributed by atoms with Crippen molar-refractivity contribution >= 4 is 0 Å². The summed E-state index contributed by atoms with van der Waals surface area (Å²) in [4.78, 5) is 2.59. The van der Waals surface area contributed by atoms with Gasteiger partial charge in [-0.2, -0.15) is 0 Å². The van der Waals surface area contributed by atoms with Crippen LogP contribution in [0.3, 0.4) is 0 Å². The minimum atomic E-state index is 0.220. The second kappa shape index (κ2) is 3.58. The fourth-order valence-corrected chi connectivity index (χ4v) is 2.41. The molecular weight excluding hydrogens is 160 g/mol. The molecule has 1 aliphatic carbocycles. The molecule has 0 aromatic rings. The quantitative estimate of drug-likeness (QED) is 0.718. The summed E-state index contributed by atoms with van der Waals surface area (Å²) >= 11 is 0. The minimum absolute atomic E-state index is 0.220. The lowest BCUT2D eigenvalue weighted by atomic mass is 10.1. The van der Waals surface area contributed by atoms with Crippen LogP contribution < -0.4 is 5.73 Å². The molecule has 0 aromatic heterocycles. The van der Waals surface area contributed by atoms with Crippen LogP contribution >= 0.6 is 0 Å². The smallest absolute Gasteiger partial charge is 0.0196 e. The monoisotopic (exact) mass is 182 g/mol. The van der Waals surface area contributed by atoms with Gasteiger partial charge in [0, 0.05) is 5.54 Å². The maximum absolute atomic E-state index is 6.18. The normalized spacial score (nSPS) is 40.6. The predicted octanol–water partition coefficient (Wildman–Crippen LogP) is 1.60. The van der Waals surface area contributed by atoms with Gasteiger partial charge in [0.25, 0.3) is 0 Å². The molecule has 0 spiro atoms. The van der Waals surface area contributed by atoms with Gasteiger partial charge < -0.3 is 10.6 Å². The number of hydrogen-bond donors (Lipinski definition) is 1. The third-order valence-corrected chi connectivity index (χ3v) is 3.85. The first kappa shape index (κ1) is 9.47. The highest BCUT2D eigenvalue weighted by Gasteiger charge is 2.46. The Balaban J connectivity index is 1.67. The van der Waals surface area contributed by atoms with Gasteiger partial charge in [0.1, 0.15) is 0 Å². The fraction of sp³-hybridized carbons (Fsp3) is 1.00. The van der Waals surface area contributed by atoms with Crippen LogP contribution in [0.1, 0.15) is 39.0 Å². The second-order valence-electron chi connectivity index (χ2n) is 4.99. The van der Waals surface area contributed by atoms with Crippen LogP contribution in [0.5, 0.6) is 0 Å². The average molecular weight is 182 g/mol. The number of piperidine rings is 1. The molecule has 1 aliphatic heterocycles. The molecule has 0 radical (unpaired) electrons. The summed E-state index contributed by atoms with van der Waals surface area (Å²) in [5.74, 6) is 0.775. The first-order valence-electron chi connectivity index (χ1n) is 5.72. The molecule has 76 valence electrons. The van der Waals surface area contributed by atoms with Crippen molar-refractivity contribution < 1.29 is 0 Å². The molecule has 2 rings (SSSR count). The predicted molar refractivity (Wildman–Crippen MR) is 55.6 cm³/mol. The van der Waals surface area contributed by atoms with Crippen molar-refractivity contribution in [1.82, 2.24) is 4.90 Å². The van der Waals surface area contributed by atoms with Crippen molar-refractivity contribution in [3.05, 3.63) is 0 Å². The maximum Gasteiger partial charge on any atom is 0.0196 e. The summed E-state index contributed by atoms with van der Waals surface area (Å²) in [6.07, 6.45) is 6.69. The number of nitrogens with zero attached hydrogens (tertiary/aromatic N) is 1. The van der Waals surface area contributed by atoms with E-state index in [0.29, 0.717) is 0 Å². The van der Waals surface area contributed by atoms with Gasteiger partial charge >= 0.3 is 0 Å². The molecule has 2 heteroatoms. The lowest BCUT2D eigenvalue weighted by Gasteiger charge is -2.27. The van der Waals surface area contributed by atoms with E-state index in [9.17, 15) is 0 Å². The van der Waals surface area contributed by atoms with Gasteiger partial charge in [0.15, 0.2) is 0 Å². The summed E-state index contributed by atoms with van der Waals surface area (Å²) in [5.41, 5.74) is 6.40. The van der Waals surface area contributed by atoms with Crippen LogP contribution in [0.25, 0.3) is 0 Å². The Bertz CT molecular complexity index is 175. The molecule has 2 atom stereocenters. The van der Waals surface area contributed by atoms with Crippen molar-refractivity contribution in [3.8, 4) is 0 Å². The van der Waals surface area contributed by atoms with Crippen molar-refractivity contribution in [1.29, 1.82) is 0 Å². The topological polar surface area (TPSA) is 29.3 Å². The summed E-state index contributed by atoms with van der Waals surface area (Å²) in [7, 11) is 0. The standard InChI is InChI=1S/C11H22N2/c1-10-9-11(10,12)5-8-13-6-3-2-4-7-13/h10H,2-9,12H2,1H3. The third kappa shape index (κ3) is 2.23. The minimum Gasteiger partial charge on any atom is -0.325 e. The molecule has 0 aromatic carbocycles. The zero-order valence-electron chi connectivity index (χ0n) is 8.76. The van der Waals surface area contributed by atoms with Gasteiger partial charge in [-0.05, 0) is 51.2 Å². The Morgan fingerprint density at radius 1 is 1.31 bits per heavy atom. The van der Waals surface area contributed by atoms with E-state index in [1.54, 1.807) is 0 Å². The molecule has 1 saturated carbocycles. The van der Waals surface area contributed by atoms with E-state index in [-0.39, 0.29) is 5.54 Å². The van der Waals surface area contributed by atoms with Gasteiger partial charge in [0.05, 0.1) is 0 Å². The number of likely N-dealkylation sites (tertiary alicyclic amines) is 1. The lowest BCUT2D eigenvalue weighted by molar-refractivity contribution is 0.217. The number of nitrogens with two attached hydrogens (primary N) is 1. The molecule has 2 nitrogen and oxygen atoms in total. The first-order valence-corrected chi connectivity index (χ1v) is 5.72. The van der Waals surface area contributed by atoms with Crippen LogP contribution in [0, 0.1) is 5.92 Å².